The molecule has 0 aromatic carbocycles. The highest BCUT2D eigenvalue weighted by molar-refractivity contribution is 6.18. The molecule has 1 N–H and O–H groups in total. The van der Waals surface area contributed by atoms with Gasteiger partial charge in [-0.2, -0.15) is 5.10 Å². The van der Waals surface area contributed by atoms with Crippen LogP contribution < -0.4 is 5.32 Å². The van der Waals surface area contributed by atoms with Crippen molar-refractivity contribution in [3.05, 3.63) is 24.5 Å². The van der Waals surface area contributed by atoms with Crippen molar-refractivity contribution in [2.75, 3.05) is 11.2 Å². The standard InChI is InChI=1S/C10H13ClN4/c1-2-8(7-11)13-9-4-6-15-10(14-9)3-5-12-15/h3-6,8H,2,7H2,1H3,(H,13,14). The largest absolute Gasteiger partial charge is 0.366 e. The first-order valence-electron chi connectivity index (χ1n) is 4.96. The lowest BCUT2D eigenvalue weighted by Crippen LogP contribution is -2.20. The lowest BCUT2D eigenvalue weighted by molar-refractivity contribution is 0.764. The Kier molecular flexibility index (Phi) is 3.06. The molecule has 0 saturated heterocycles. The fourth-order valence-corrected chi connectivity index (χ4v) is 1.65. The monoisotopic (exact) mass is 224 g/mol. The molecule has 0 spiro atoms. The second-order valence-corrected chi connectivity index (χ2v) is 3.66. The zero-order chi connectivity index (χ0) is 10.7. The molecule has 2 rings (SSSR count). The molecule has 0 aliphatic carbocycles. The maximum atomic E-state index is 5.81. The molecule has 15 heavy (non-hydrogen) atoms. The van der Waals surface area contributed by atoms with Gasteiger partial charge in [0, 0.05) is 24.2 Å². The Morgan fingerprint density at radius 2 is 2.40 bits per heavy atom. The molecule has 2 heterocycles. The number of halogens is 1. The molecule has 5 heteroatoms. The van der Waals surface area contributed by atoms with Crippen LogP contribution in [0.2, 0.25) is 0 Å². The Bertz CT molecular complexity index is 436. The van der Waals surface area contributed by atoms with E-state index in [1.807, 2.05) is 18.3 Å². The van der Waals surface area contributed by atoms with Crippen LogP contribution in [-0.4, -0.2) is 26.5 Å². The van der Waals surface area contributed by atoms with Crippen LogP contribution in [0.1, 0.15) is 13.3 Å². The number of hydrogen-bond acceptors (Lipinski definition) is 3. The summed E-state index contributed by atoms with van der Waals surface area (Å²) >= 11 is 5.81. The molecule has 2 aromatic rings. The van der Waals surface area contributed by atoms with E-state index in [-0.39, 0.29) is 6.04 Å². The lowest BCUT2D eigenvalue weighted by atomic mass is 10.2. The minimum Gasteiger partial charge on any atom is -0.366 e. The van der Waals surface area contributed by atoms with Crippen molar-refractivity contribution in [1.82, 2.24) is 14.6 Å². The van der Waals surface area contributed by atoms with Crippen LogP contribution in [0.4, 0.5) is 5.82 Å². The van der Waals surface area contributed by atoms with E-state index in [1.54, 1.807) is 10.7 Å². The van der Waals surface area contributed by atoms with Crippen molar-refractivity contribution in [2.45, 2.75) is 19.4 Å². The van der Waals surface area contributed by atoms with Gasteiger partial charge in [0.15, 0.2) is 5.65 Å². The van der Waals surface area contributed by atoms with Gasteiger partial charge >= 0.3 is 0 Å². The fourth-order valence-electron chi connectivity index (χ4n) is 1.35. The zero-order valence-electron chi connectivity index (χ0n) is 8.52. The van der Waals surface area contributed by atoms with Gasteiger partial charge in [0.25, 0.3) is 0 Å². The summed E-state index contributed by atoms with van der Waals surface area (Å²) in [4.78, 5) is 4.40. The Morgan fingerprint density at radius 3 is 3.13 bits per heavy atom. The van der Waals surface area contributed by atoms with Gasteiger partial charge in [-0.15, -0.1) is 11.6 Å². The molecule has 0 fully saturated rings. The van der Waals surface area contributed by atoms with Crippen LogP contribution >= 0.6 is 11.6 Å². The van der Waals surface area contributed by atoms with Crippen molar-refractivity contribution in [3.8, 4) is 0 Å². The topological polar surface area (TPSA) is 42.2 Å². The number of hydrogen-bond donors (Lipinski definition) is 1. The number of rotatable bonds is 4. The van der Waals surface area contributed by atoms with Gasteiger partial charge in [-0.05, 0) is 12.5 Å². The second kappa shape index (κ2) is 4.49. The van der Waals surface area contributed by atoms with Crippen molar-refractivity contribution in [3.63, 3.8) is 0 Å². The fraction of sp³-hybridized carbons (Fsp3) is 0.400. The molecule has 80 valence electrons. The number of aromatic nitrogens is 3. The van der Waals surface area contributed by atoms with Crippen LogP contribution in [0, 0.1) is 0 Å². The van der Waals surface area contributed by atoms with Crippen molar-refractivity contribution in [2.24, 2.45) is 0 Å². The summed E-state index contributed by atoms with van der Waals surface area (Å²) < 4.78 is 1.73. The third-order valence-corrected chi connectivity index (χ3v) is 2.66. The SMILES string of the molecule is CCC(CCl)Nc1ccn2nccc2n1. The first-order chi connectivity index (χ1) is 7.33. The van der Waals surface area contributed by atoms with Crippen LogP contribution in [0.15, 0.2) is 24.5 Å². The Morgan fingerprint density at radius 1 is 1.53 bits per heavy atom. The highest BCUT2D eigenvalue weighted by Crippen LogP contribution is 2.09. The Labute approximate surface area is 93.3 Å². The first-order valence-corrected chi connectivity index (χ1v) is 5.50. The molecular formula is C10H13ClN4. The third-order valence-electron chi connectivity index (χ3n) is 2.29. The van der Waals surface area contributed by atoms with E-state index in [1.165, 1.54) is 0 Å². The van der Waals surface area contributed by atoms with Gasteiger partial charge in [0.05, 0.1) is 6.20 Å². The predicted molar refractivity (Wildman–Crippen MR) is 61.4 cm³/mol. The summed E-state index contributed by atoms with van der Waals surface area (Å²) in [6.07, 6.45) is 4.59. The first kappa shape index (κ1) is 10.2. The third kappa shape index (κ3) is 2.21. The van der Waals surface area contributed by atoms with E-state index in [2.05, 4.69) is 22.3 Å². The Balaban J connectivity index is 2.20. The molecule has 0 aliphatic rings. The van der Waals surface area contributed by atoms with E-state index >= 15 is 0 Å². The second-order valence-electron chi connectivity index (χ2n) is 3.35. The molecule has 0 bridgehead atoms. The van der Waals surface area contributed by atoms with Crippen LogP contribution in [0.5, 0.6) is 0 Å². The molecule has 2 aromatic heterocycles. The predicted octanol–water partition coefficient (Wildman–Crippen LogP) is 2.16. The van der Waals surface area contributed by atoms with Gasteiger partial charge in [0.2, 0.25) is 0 Å². The number of alkyl halides is 1. The zero-order valence-corrected chi connectivity index (χ0v) is 9.28. The van der Waals surface area contributed by atoms with Crippen molar-refractivity contribution in [1.29, 1.82) is 0 Å². The maximum Gasteiger partial charge on any atom is 0.157 e. The summed E-state index contributed by atoms with van der Waals surface area (Å²) in [6, 6.07) is 4.03. The number of fused-ring (bicyclic) bond motifs is 1. The summed E-state index contributed by atoms with van der Waals surface area (Å²) in [5.74, 6) is 1.43. The van der Waals surface area contributed by atoms with E-state index < -0.39 is 0 Å². The molecule has 4 nitrogen and oxygen atoms in total. The van der Waals surface area contributed by atoms with Gasteiger partial charge in [-0.25, -0.2) is 9.50 Å². The molecule has 0 radical (unpaired) electrons. The van der Waals surface area contributed by atoms with Crippen molar-refractivity contribution < 1.29 is 0 Å². The molecular weight excluding hydrogens is 212 g/mol. The number of nitrogens with one attached hydrogen (secondary N) is 1. The van der Waals surface area contributed by atoms with Gasteiger partial charge < -0.3 is 5.32 Å². The van der Waals surface area contributed by atoms with E-state index in [4.69, 9.17) is 11.6 Å². The van der Waals surface area contributed by atoms with Gasteiger partial charge in [0.1, 0.15) is 5.82 Å². The highest BCUT2D eigenvalue weighted by atomic mass is 35.5. The van der Waals surface area contributed by atoms with E-state index in [0.717, 1.165) is 17.9 Å². The quantitative estimate of drug-likeness (QED) is 0.810. The smallest absolute Gasteiger partial charge is 0.157 e. The number of anilines is 1. The maximum absolute atomic E-state index is 5.81. The van der Waals surface area contributed by atoms with E-state index in [0.29, 0.717) is 5.88 Å². The Hall–Kier alpha value is -1.29. The van der Waals surface area contributed by atoms with Gasteiger partial charge in [-0.1, -0.05) is 6.92 Å². The summed E-state index contributed by atoms with van der Waals surface area (Å²) in [7, 11) is 0. The molecule has 0 saturated carbocycles. The average Bonchev–Trinajstić information content (AvgIpc) is 2.73. The summed E-state index contributed by atoms with van der Waals surface area (Å²) in [5.41, 5.74) is 0.837. The lowest BCUT2D eigenvalue weighted by Gasteiger charge is -2.14. The molecule has 0 aliphatic heterocycles. The van der Waals surface area contributed by atoms with Crippen LogP contribution in [-0.2, 0) is 0 Å². The van der Waals surface area contributed by atoms with Crippen molar-refractivity contribution >= 4 is 23.1 Å². The molecule has 0 amide bonds. The summed E-state index contributed by atoms with van der Waals surface area (Å²) in [5, 5.41) is 7.36. The average molecular weight is 225 g/mol. The van der Waals surface area contributed by atoms with Crippen LogP contribution in [0.3, 0.4) is 0 Å². The minimum absolute atomic E-state index is 0.268. The normalized spacial score (nSPS) is 12.9. The highest BCUT2D eigenvalue weighted by Gasteiger charge is 2.05. The molecule has 1 unspecified atom stereocenters. The van der Waals surface area contributed by atoms with Gasteiger partial charge in [-0.3, -0.25) is 0 Å². The van der Waals surface area contributed by atoms with E-state index in [9.17, 15) is 0 Å². The van der Waals surface area contributed by atoms with Crippen LogP contribution in [0.25, 0.3) is 5.65 Å². The number of nitrogens with zero attached hydrogens (tertiary/aromatic N) is 3. The minimum atomic E-state index is 0.268. The summed E-state index contributed by atoms with van der Waals surface area (Å²) in [6.45, 7) is 2.09. The molecule has 1 atom stereocenters.